The van der Waals surface area contributed by atoms with Crippen LogP contribution in [0.15, 0.2) is 141 Å². The Morgan fingerprint density at radius 2 is 1.11 bits per heavy atom. The highest BCUT2D eigenvalue weighted by Crippen LogP contribution is 2.30. The molecule has 29 heteroatoms. The van der Waals surface area contributed by atoms with Gasteiger partial charge in [-0.2, -0.15) is 0 Å². The molecular formula is C70H84ClFN10O15S2. The first kappa shape index (κ1) is 73.7. The van der Waals surface area contributed by atoms with Crippen molar-refractivity contribution in [3.63, 3.8) is 0 Å². The molecule has 4 fully saturated rings. The Morgan fingerprint density at radius 1 is 0.636 bits per heavy atom. The number of para-hydroxylation sites is 4. The van der Waals surface area contributed by atoms with Gasteiger partial charge in [0.2, 0.25) is 55.2 Å². The van der Waals surface area contributed by atoms with Crippen molar-refractivity contribution in [3.8, 4) is 0 Å². The molecule has 7 heterocycles. The molecule has 530 valence electrons. The zero-order chi connectivity index (χ0) is 70.2. The monoisotopic (exact) mass is 1420 g/mol. The van der Waals surface area contributed by atoms with E-state index < -0.39 is 110 Å². The number of nitrogens with zero attached hydrogens (tertiary/aromatic N) is 4. The number of fused-ring (bicyclic) bond motifs is 2. The lowest BCUT2D eigenvalue weighted by Gasteiger charge is -2.30. The van der Waals surface area contributed by atoms with Crippen LogP contribution in [0.25, 0.3) is 22.2 Å². The minimum absolute atomic E-state index is 0.00195. The number of Topliss-reactive ketones (excluding diaryl/α,β-unsaturated/α-hetero) is 2. The van der Waals surface area contributed by atoms with Gasteiger partial charge in [0.1, 0.15) is 58.9 Å². The third-order valence-corrected chi connectivity index (χ3v) is 19.8. The number of furan rings is 1. The topological polar surface area (TPSA) is 333 Å². The molecule has 25 nitrogen and oxygen atoms in total. The molecule has 3 aromatic heterocycles. The number of halogens is 2. The molecule has 6 N–H and O–H groups in total. The molecule has 0 bridgehead atoms. The van der Waals surface area contributed by atoms with Gasteiger partial charge in [-0.1, -0.05) is 72.3 Å². The molecule has 0 spiro atoms. The Hall–Kier alpha value is -8.06. The molecule has 0 radical (unpaired) electrons. The molecule has 8 atom stereocenters. The lowest BCUT2D eigenvalue weighted by molar-refractivity contribution is -0.140. The predicted octanol–water partition coefficient (Wildman–Crippen LogP) is 6.96. The van der Waals surface area contributed by atoms with Crippen molar-refractivity contribution < 1.29 is 72.7 Å². The summed E-state index contributed by atoms with van der Waals surface area (Å²) in [6, 6.07) is 23.9. The summed E-state index contributed by atoms with van der Waals surface area (Å²) in [5.41, 5.74) is 2.99. The summed E-state index contributed by atoms with van der Waals surface area (Å²) in [6.45, 7) is 7.28. The van der Waals surface area contributed by atoms with Crippen LogP contribution in [0.1, 0.15) is 109 Å². The van der Waals surface area contributed by atoms with E-state index >= 15 is 0 Å². The fourth-order valence-electron chi connectivity index (χ4n) is 13.0. The van der Waals surface area contributed by atoms with Crippen LogP contribution in [-0.2, 0) is 68.3 Å². The number of nitrogens with one attached hydrogen (secondary N) is 6. The van der Waals surface area contributed by atoms with E-state index in [4.69, 9.17) is 34.3 Å². The van der Waals surface area contributed by atoms with Gasteiger partial charge in [-0.15, -0.1) is 6.58 Å². The van der Waals surface area contributed by atoms with Crippen LogP contribution in [0.5, 0.6) is 0 Å². The SMILES string of the molecule is C=CC[C@H](NC(=O)[C@@H]1C[C@@H](OCc2ccccc2F)CN1C(=O)[C@@H](CCC1CCNCC1)NS(C)(=O)=O)C(=O)c1nc2ccccc2o1.CS(=O)(=O)N[C@H](CCC1CCNCC1)C(=O)N1C[C@H](OCc2ccc(Cl)cc2)C[C@H]1C(=O)N[C@@H](Cc1ccco1)C(=O)c1nc2ccccc2o1. The van der Waals surface area contributed by atoms with Gasteiger partial charge in [-0.3, -0.25) is 28.8 Å². The van der Waals surface area contributed by atoms with Crippen molar-refractivity contribution in [2.45, 2.75) is 139 Å². The van der Waals surface area contributed by atoms with Gasteiger partial charge in [0.15, 0.2) is 11.2 Å². The van der Waals surface area contributed by atoms with Crippen LogP contribution in [0, 0.1) is 17.7 Å². The Morgan fingerprint density at radius 3 is 1.59 bits per heavy atom. The molecular weight excluding hydrogens is 1340 g/mol. The molecule has 99 heavy (non-hydrogen) atoms. The van der Waals surface area contributed by atoms with Crippen molar-refractivity contribution in [1.29, 1.82) is 0 Å². The van der Waals surface area contributed by atoms with E-state index in [2.05, 4.69) is 47.3 Å². The van der Waals surface area contributed by atoms with Gasteiger partial charge in [0.25, 0.3) is 11.8 Å². The van der Waals surface area contributed by atoms with E-state index in [0.29, 0.717) is 63.2 Å². The zero-order valence-corrected chi connectivity index (χ0v) is 57.5. The predicted molar refractivity (Wildman–Crippen MR) is 366 cm³/mol. The van der Waals surface area contributed by atoms with Gasteiger partial charge < -0.3 is 53.8 Å². The summed E-state index contributed by atoms with van der Waals surface area (Å²) in [7, 11) is -7.57. The van der Waals surface area contributed by atoms with Crippen LogP contribution in [-0.4, -0.2) is 172 Å². The fourth-order valence-corrected chi connectivity index (χ4v) is 14.6. The number of ether oxygens (including phenoxy) is 2. The highest BCUT2D eigenvalue weighted by molar-refractivity contribution is 7.89. The maximum absolute atomic E-state index is 14.3. The third-order valence-electron chi connectivity index (χ3n) is 18.1. The maximum atomic E-state index is 14.3. The minimum Gasteiger partial charge on any atom is -0.469 e. The molecule has 7 aromatic rings. The van der Waals surface area contributed by atoms with Crippen LogP contribution >= 0.6 is 11.6 Å². The molecule has 11 rings (SSSR count). The Balaban J connectivity index is 0.000000215. The average molecular weight is 1420 g/mol. The highest BCUT2D eigenvalue weighted by atomic mass is 35.5. The molecule has 4 aliphatic heterocycles. The quantitative estimate of drug-likeness (QED) is 0.0196. The molecule has 4 aliphatic rings. The number of likely N-dealkylation sites (tertiary alicyclic amines) is 2. The minimum atomic E-state index is -3.79. The Labute approximate surface area is 579 Å². The second-order valence-corrected chi connectivity index (χ2v) is 29.6. The molecule has 0 aliphatic carbocycles. The summed E-state index contributed by atoms with van der Waals surface area (Å²) >= 11 is 6.04. The van der Waals surface area contributed by atoms with Crippen molar-refractivity contribution in [3.05, 3.63) is 168 Å². The first-order valence-corrected chi connectivity index (χ1v) is 37.4. The largest absolute Gasteiger partial charge is 0.469 e. The fraction of sp³-hybridized carbons (Fsp3) is 0.457. The molecule has 0 unspecified atom stereocenters. The molecule has 4 aromatic carbocycles. The summed E-state index contributed by atoms with van der Waals surface area (Å²) < 4.78 is 98.2. The first-order chi connectivity index (χ1) is 47.5. The van der Waals surface area contributed by atoms with Gasteiger partial charge >= 0.3 is 0 Å². The van der Waals surface area contributed by atoms with E-state index in [1.807, 2.05) is 12.1 Å². The molecule has 0 saturated carbocycles. The first-order valence-electron chi connectivity index (χ1n) is 33.3. The van der Waals surface area contributed by atoms with Gasteiger partial charge in [-0.25, -0.2) is 40.6 Å². The van der Waals surface area contributed by atoms with E-state index in [0.717, 1.165) is 69.9 Å². The standard InChI is InChI=1S/C36H42ClN5O8S.C34H42FN5O7S/c1-51(46,47)41-29(13-10-23-14-16-38-17-15-23)36(45)42-21-27(49-22-24-8-11-25(37)12-9-24)20-31(42)34(44)39-30(19-26-5-4-18-48-26)33(43)35-40-28-6-2-3-7-32(28)50-35;1-3-8-27(31(41)33-38-26-11-6-7-12-30(26)47-33)37-32(42)29-19-24(46-21-23-9-4-5-10-25(23)35)20-40(29)34(43)28(39-48(2,44)45)14-13-22-15-17-36-18-16-22/h2-9,11-12,18,23,27,29-31,38,41H,10,13-17,19-22H2,1H3,(H,39,44);3-7,9-12,22,24,27-29,36,39H,1,8,13-21H2,2H3,(H,37,42)/t27-,29-,30+,31+;24-,27+,28-,29+/m11/s1. The van der Waals surface area contributed by atoms with Crippen molar-refractivity contribution in [2.75, 3.05) is 51.8 Å². The van der Waals surface area contributed by atoms with E-state index in [1.54, 1.807) is 91.0 Å². The van der Waals surface area contributed by atoms with Crippen molar-refractivity contribution in [1.82, 2.24) is 50.5 Å². The Kier molecular flexibility index (Phi) is 25.5. The number of ketones is 2. The number of aromatic nitrogens is 2. The summed E-state index contributed by atoms with van der Waals surface area (Å²) in [6.07, 6.45) is 9.44. The normalized spacial score (nSPS) is 19.8. The number of oxazole rings is 2. The van der Waals surface area contributed by atoms with E-state index in [1.165, 1.54) is 28.2 Å². The van der Waals surface area contributed by atoms with Gasteiger partial charge in [0.05, 0.1) is 44.2 Å². The van der Waals surface area contributed by atoms with E-state index in [9.17, 15) is 50.0 Å². The lowest BCUT2D eigenvalue weighted by Crippen LogP contribution is -2.55. The Bertz CT molecular complexity index is 4100. The maximum Gasteiger partial charge on any atom is 0.266 e. The van der Waals surface area contributed by atoms with Crippen molar-refractivity contribution >= 4 is 89.0 Å². The summed E-state index contributed by atoms with van der Waals surface area (Å²) in [5, 5.41) is 12.8. The van der Waals surface area contributed by atoms with Crippen LogP contribution in [0.4, 0.5) is 4.39 Å². The number of hydrogen-bond donors (Lipinski definition) is 6. The number of carbonyl (C=O) groups excluding carboxylic acids is 6. The summed E-state index contributed by atoms with van der Waals surface area (Å²) in [4.78, 5) is 95.2. The molecule has 4 saturated heterocycles. The lowest BCUT2D eigenvalue weighted by atomic mass is 9.91. The van der Waals surface area contributed by atoms with E-state index in [-0.39, 0.29) is 76.6 Å². The number of amides is 4. The second-order valence-electron chi connectivity index (χ2n) is 25.6. The van der Waals surface area contributed by atoms with Crippen molar-refractivity contribution in [2.24, 2.45) is 11.8 Å². The second kappa shape index (κ2) is 34.3. The number of carbonyl (C=O) groups is 6. The number of hydrogen-bond acceptors (Lipinski definition) is 19. The average Bonchev–Trinajstić information content (AvgIpc) is 1.69. The summed E-state index contributed by atoms with van der Waals surface area (Å²) in [5.74, 6) is -3.14. The zero-order valence-electron chi connectivity index (χ0n) is 55.2. The number of sulfonamides is 2. The molecule has 4 amide bonds. The van der Waals surface area contributed by atoms with Crippen LogP contribution in [0.2, 0.25) is 5.02 Å². The number of piperidine rings is 2. The van der Waals surface area contributed by atoms with Gasteiger partial charge in [0, 0.05) is 42.9 Å². The van der Waals surface area contributed by atoms with Crippen LogP contribution in [0.3, 0.4) is 0 Å². The highest BCUT2D eigenvalue weighted by Gasteiger charge is 2.46. The third kappa shape index (κ3) is 20.8. The van der Waals surface area contributed by atoms with Gasteiger partial charge in [-0.05, 0) is 156 Å². The number of benzene rings is 4. The smallest absolute Gasteiger partial charge is 0.266 e. The number of rotatable bonds is 30. The van der Waals surface area contributed by atoms with Crippen LogP contribution < -0.4 is 30.7 Å².